The Labute approximate surface area is 95.2 Å². The Morgan fingerprint density at radius 3 is 2.79 bits per heavy atom. The molecule has 0 spiro atoms. The van der Waals surface area contributed by atoms with Crippen LogP contribution >= 0.6 is 15.9 Å². The van der Waals surface area contributed by atoms with Gasteiger partial charge in [-0.05, 0) is 23.5 Å². The predicted molar refractivity (Wildman–Crippen MR) is 66.7 cm³/mol. The van der Waals surface area contributed by atoms with Gasteiger partial charge in [0.15, 0.2) is 0 Å². The number of halogens is 1. The van der Waals surface area contributed by atoms with Crippen molar-refractivity contribution in [1.29, 1.82) is 0 Å². The fourth-order valence-electron chi connectivity index (χ4n) is 1.54. The molecule has 0 bridgehead atoms. The third-order valence-corrected chi connectivity index (χ3v) is 3.44. The Morgan fingerprint density at radius 2 is 2.21 bits per heavy atom. The maximum Gasteiger partial charge on any atom is 0.0245 e. The van der Waals surface area contributed by atoms with Gasteiger partial charge in [-0.1, -0.05) is 60.5 Å². The number of hydrogen-bond acceptors (Lipinski definition) is 0. The van der Waals surface area contributed by atoms with Gasteiger partial charge in [-0.3, -0.25) is 0 Å². The summed E-state index contributed by atoms with van der Waals surface area (Å²) in [7, 11) is 0. The SMILES string of the molecule is C=CC(C)c1cccc(CCC)c1Br. The molecular formula is C13H17Br. The Bertz CT molecular complexity index is 315. The fourth-order valence-corrected chi connectivity index (χ4v) is 2.36. The van der Waals surface area contributed by atoms with E-state index in [0.29, 0.717) is 5.92 Å². The van der Waals surface area contributed by atoms with Crippen LogP contribution in [0.15, 0.2) is 35.3 Å². The van der Waals surface area contributed by atoms with Crippen molar-refractivity contribution >= 4 is 15.9 Å². The molecule has 0 nitrogen and oxygen atoms in total. The topological polar surface area (TPSA) is 0 Å². The minimum Gasteiger partial charge on any atom is -0.102 e. The van der Waals surface area contributed by atoms with Gasteiger partial charge in [0.05, 0.1) is 0 Å². The highest BCUT2D eigenvalue weighted by Gasteiger charge is 2.08. The summed E-state index contributed by atoms with van der Waals surface area (Å²) < 4.78 is 1.26. The van der Waals surface area contributed by atoms with Crippen LogP contribution < -0.4 is 0 Å². The lowest BCUT2D eigenvalue weighted by Gasteiger charge is -2.12. The highest BCUT2D eigenvalue weighted by atomic mass is 79.9. The smallest absolute Gasteiger partial charge is 0.0245 e. The molecule has 1 rings (SSSR count). The van der Waals surface area contributed by atoms with Crippen molar-refractivity contribution in [3.05, 3.63) is 46.5 Å². The Morgan fingerprint density at radius 1 is 1.50 bits per heavy atom. The van der Waals surface area contributed by atoms with Crippen molar-refractivity contribution < 1.29 is 0 Å². The summed E-state index contributed by atoms with van der Waals surface area (Å²) in [5.74, 6) is 0.418. The molecule has 0 aromatic heterocycles. The van der Waals surface area contributed by atoms with Gasteiger partial charge in [-0.25, -0.2) is 0 Å². The second-order valence-electron chi connectivity index (χ2n) is 3.59. The maximum absolute atomic E-state index is 3.83. The van der Waals surface area contributed by atoms with E-state index in [1.807, 2.05) is 6.08 Å². The van der Waals surface area contributed by atoms with Crippen LogP contribution in [0.3, 0.4) is 0 Å². The molecule has 1 aromatic carbocycles. The van der Waals surface area contributed by atoms with E-state index in [1.165, 1.54) is 22.0 Å². The van der Waals surface area contributed by atoms with Crippen LogP contribution in [0.4, 0.5) is 0 Å². The number of benzene rings is 1. The lowest BCUT2D eigenvalue weighted by Crippen LogP contribution is -1.94. The molecule has 76 valence electrons. The summed E-state index contributed by atoms with van der Waals surface area (Å²) in [5, 5.41) is 0. The van der Waals surface area contributed by atoms with Crippen molar-refractivity contribution in [2.45, 2.75) is 32.6 Å². The number of aryl methyl sites for hydroxylation is 1. The molecule has 1 unspecified atom stereocenters. The van der Waals surface area contributed by atoms with E-state index in [1.54, 1.807) is 0 Å². The number of rotatable bonds is 4. The Hall–Kier alpha value is -0.560. The van der Waals surface area contributed by atoms with Gasteiger partial charge in [-0.2, -0.15) is 0 Å². The largest absolute Gasteiger partial charge is 0.102 e. The van der Waals surface area contributed by atoms with Crippen molar-refractivity contribution in [2.75, 3.05) is 0 Å². The maximum atomic E-state index is 3.83. The average Bonchev–Trinajstić information content (AvgIpc) is 2.20. The molecule has 0 heterocycles. The van der Waals surface area contributed by atoms with Crippen LogP contribution in [0.5, 0.6) is 0 Å². The Kier molecular flexibility index (Phi) is 4.40. The molecule has 14 heavy (non-hydrogen) atoms. The summed E-state index contributed by atoms with van der Waals surface area (Å²) in [6, 6.07) is 6.48. The minimum absolute atomic E-state index is 0.418. The van der Waals surface area contributed by atoms with Crippen molar-refractivity contribution in [3.63, 3.8) is 0 Å². The van der Waals surface area contributed by atoms with E-state index < -0.39 is 0 Å². The standard InChI is InChI=1S/C13H17Br/c1-4-7-11-8-6-9-12(13(11)14)10(3)5-2/h5-6,8-10H,2,4,7H2,1,3H3. The normalized spacial score (nSPS) is 12.5. The van der Waals surface area contributed by atoms with Gasteiger partial charge in [0.1, 0.15) is 0 Å². The highest BCUT2D eigenvalue weighted by molar-refractivity contribution is 9.10. The van der Waals surface area contributed by atoms with Crippen molar-refractivity contribution in [1.82, 2.24) is 0 Å². The summed E-state index contributed by atoms with van der Waals surface area (Å²) in [6.07, 6.45) is 4.30. The van der Waals surface area contributed by atoms with Gasteiger partial charge in [0.2, 0.25) is 0 Å². The number of allylic oxidation sites excluding steroid dienone is 1. The molecule has 1 atom stereocenters. The van der Waals surface area contributed by atoms with Crippen LogP contribution in [-0.2, 0) is 6.42 Å². The van der Waals surface area contributed by atoms with Crippen LogP contribution in [0.25, 0.3) is 0 Å². The van der Waals surface area contributed by atoms with Crippen molar-refractivity contribution in [3.8, 4) is 0 Å². The molecule has 0 aliphatic carbocycles. The summed E-state index contributed by atoms with van der Waals surface area (Å²) in [5.41, 5.74) is 2.74. The molecule has 0 radical (unpaired) electrons. The molecule has 1 heteroatoms. The zero-order valence-electron chi connectivity index (χ0n) is 8.89. The molecule has 1 aromatic rings. The van der Waals surface area contributed by atoms with Gasteiger partial charge in [0.25, 0.3) is 0 Å². The molecule has 0 saturated carbocycles. The minimum atomic E-state index is 0.418. The molecular weight excluding hydrogens is 236 g/mol. The molecule has 0 fully saturated rings. The van der Waals surface area contributed by atoms with E-state index in [4.69, 9.17) is 0 Å². The zero-order valence-corrected chi connectivity index (χ0v) is 10.5. The second-order valence-corrected chi connectivity index (χ2v) is 4.39. The lowest BCUT2D eigenvalue weighted by molar-refractivity contribution is 0.897. The van der Waals surface area contributed by atoms with Crippen LogP contribution in [0.2, 0.25) is 0 Å². The van der Waals surface area contributed by atoms with Crippen molar-refractivity contribution in [2.24, 2.45) is 0 Å². The average molecular weight is 253 g/mol. The van der Waals surface area contributed by atoms with Crippen LogP contribution in [-0.4, -0.2) is 0 Å². The summed E-state index contributed by atoms with van der Waals surface area (Å²) >= 11 is 3.68. The third kappa shape index (κ3) is 2.48. The van der Waals surface area contributed by atoms with Crippen LogP contribution in [0, 0.1) is 0 Å². The number of hydrogen-bond donors (Lipinski definition) is 0. The van der Waals surface area contributed by atoms with E-state index in [9.17, 15) is 0 Å². The molecule has 0 saturated heterocycles. The quantitative estimate of drug-likeness (QED) is 0.683. The molecule has 0 N–H and O–H groups in total. The first-order valence-corrected chi connectivity index (χ1v) is 5.89. The monoisotopic (exact) mass is 252 g/mol. The first kappa shape index (κ1) is 11.5. The van der Waals surface area contributed by atoms with Gasteiger partial charge in [0, 0.05) is 4.47 Å². The zero-order chi connectivity index (χ0) is 10.6. The van der Waals surface area contributed by atoms with E-state index in [-0.39, 0.29) is 0 Å². The van der Waals surface area contributed by atoms with Gasteiger partial charge in [-0.15, -0.1) is 6.58 Å². The summed E-state index contributed by atoms with van der Waals surface area (Å²) in [4.78, 5) is 0. The molecule has 0 aliphatic rings. The highest BCUT2D eigenvalue weighted by Crippen LogP contribution is 2.29. The Balaban J connectivity index is 3.06. The van der Waals surface area contributed by atoms with E-state index in [2.05, 4.69) is 54.6 Å². The van der Waals surface area contributed by atoms with Crippen LogP contribution in [0.1, 0.15) is 37.3 Å². The predicted octanol–water partition coefficient (Wildman–Crippen LogP) is 4.69. The van der Waals surface area contributed by atoms with Gasteiger partial charge < -0.3 is 0 Å². The molecule has 0 aliphatic heterocycles. The first-order chi connectivity index (χ1) is 6.70. The second kappa shape index (κ2) is 5.35. The molecule has 0 amide bonds. The summed E-state index contributed by atoms with van der Waals surface area (Å²) in [6.45, 7) is 8.21. The van der Waals surface area contributed by atoms with E-state index >= 15 is 0 Å². The van der Waals surface area contributed by atoms with Gasteiger partial charge >= 0.3 is 0 Å². The lowest BCUT2D eigenvalue weighted by atomic mass is 9.98. The van der Waals surface area contributed by atoms with E-state index in [0.717, 1.165) is 6.42 Å². The third-order valence-electron chi connectivity index (χ3n) is 2.47. The first-order valence-electron chi connectivity index (χ1n) is 5.10. The fraction of sp³-hybridized carbons (Fsp3) is 0.385.